The van der Waals surface area contributed by atoms with Crippen molar-refractivity contribution in [2.45, 2.75) is 25.3 Å². The second-order valence-electron chi connectivity index (χ2n) is 6.19. The Bertz CT molecular complexity index is 779. The number of nitro benzene ring substituents is 1. The van der Waals surface area contributed by atoms with Gasteiger partial charge in [-0.2, -0.15) is 11.3 Å². The zero-order chi connectivity index (χ0) is 18.5. The zero-order valence-corrected chi connectivity index (χ0v) is 15.3. The summed E-state index contributed by atoms with van der Waals surface area (Å²) in [7, 11) is 1.42. The van der Waals surface area contributed by atoms with Gasteiger partial charge < -0.3 is 10.1 Å². The van der Waals surface area contributed by atoms with Crippen LogP contribution in [0.5, 0.6) is 5.75 Å². The molecule has 0 bridgehead atoms. The minimum Gasteiger partial charge on any atom is -0.494 e. The number of amides is 1. The predicted molar refractivity (Wildman–Crippen MR) is 101 cm³/mol. The largest absolute Gasteiger partial charge is 0.494 e. The van der Waals surface area contributed by atoms with E-state index in [1.807, 2.05) is 0 Å². The fourth-order valence-electron chi connectivity index (χ4n) is 3.29. The normalized spacial score (nSPS) is 17.2. The summed E-state index contributed by atoms with van der Waals surface area (Å²) in [5, 5.41) is 17.9. The highest BCUT2D eigenvalue weighted by molar-refractivity contribution is 7.07. The fraction of sp³-hybridized carbons (Fsp3) is 0.389. The van der Waals surface area contributed by atoms with Crippen LogP contribution in [0.2, 0.25) is 0 Å². The van der Waals surface area contributed by atoms with Gasteiger partial charge in [0.25, 0.3) is 5.69 Å². The van der Waals surface area contributed by atoms with Crippen molar-refractivity contribution in [1.29, 1.82) is 0 Å². The summed E-state index contributed by atoms with van der Waals surface area (Å²) >= 11 is 1.69. The van der Waals surface area contributed by atoms with Gasteiger partial charge in [0.15, 0.2) is 0 Å². The zero-order valence-electron chi connectivity index (χ0n) is 14.5. The summed E-state index contributed by atoms with van der Waals surface area (Å²) in [4.78, 5) is 25.0. The molecule has 1 N–H and O–H groups in total. The number of rotatable bonds is 7. The van der Waals surface area contributed by atoms with Gasteiger partial charge in [0.05, 0.1) is 23.8 Å². The van der Waals surface area contributed by atoms with E-state index in [1.165, 1.54) is 30.9 Å². The first-order valence-corrected chi connectivity index (χ1v) is 9.41. The van der Waals surface area contributed by atoms with Gasteiger partial charge >= 0.3 is 0 Å². The number of hydrogen-bond donors (Lipinski definition) is 1. The Balaban J connectivity index is 1.58. The van der Waals surface area contributed by atoms with Crippen LogP contribution in [0.1, 0.15) is 30.9 Å². The molecule has 3 rings (SSSR count). The minimum atomic E-state index is -0.494. The van der Waals surface area contributed by atoms with Crippen LogP contribution < -0.4 is 10.1 Å². The van der Waals surface area contributed by atoms with Gasteiger partial charge in [0.2, 0.25) is 5.91 Å². The summed E-state index contributed by atoms with van der Waals surface area (Å²) in [6.07, 6.45) is 2.62. The molecule has 0 unspecified atom stereocenters. The number of non-ortho nitro benzene ring substituents is 1. The number of carbonyl (C=O) groups excluding carboxylic acids is 1. The van der Waals surface area contributed by atoms with Crippen LogP contribution >= 0.6 is 11.3 Å². The Morgan fingerprint density at radius 1 is 1.46 bits per heavy atom. The number of thiophene rings is 1. The Morgan fingerprint density at radius 3 is 3.00 bits per heavy atom. The lowest BCUT2D eigenvalue weighted by Crippen LogP contribution is -2.27. The number of nitro groups is 1. The Hall–Kier alpha value is -2.45. The standard InChI is InChI=1S/C18H21N3O4S/c1-25-17-11-14(21(23)24)4-5-15(17)19-18(22)6-9-20-8-2-3-16(20)13-7-10-26-12-13/h4-5,7,10-12,16H,2-3,6,8-9H2,1H3,(H,19,22)/t16-/m1/s1. The lowest BCUT2D eigenvalue weighted by molar-refractivity contribution is -0.384. The average molecular weight is 375 g/mol. The molecule has 2 aromatic rings. The summed E-state index contributed by atoms with van der Waals surface area (Å²) in [6.45, 7) is 1.68. The van der Waals surface area contributed by atoms with Crippen molar-refractivity contribution in [1.82, 2.24) is 4.90 Å². The molecule has 1 aliphatic rings. The topological polar surface area (TPSA) is 84.7 Å². The van der Waals surface area contributed by atoms with Gasteiger partial charge in [-0.1, -0.05) is 0 Å². The number of anilines is 1. The van der Waals surface area contributed by atoms with E-state index < -0.39 is 4.92 Å². The van der Waals surface area contributed by atoms with Crippen LogP contribution in [0, 0.1) is 10.1 Å². The van der Waals surface area contributed by atoms with E-state index in [9.17, 15) is 14.9 Å². The van der Waals surface area contributed by atoms with Gasteiger partial charge in [0.1, 0.15) is 5.75 Å². The third kappa shape index (κ3) is 4.20. The molecule has 0 aliphatic carbocycles. The van der Waals surface area contributed by atoms with Crippen LogP contribution in [0.4, 0.5) is 11.4 Å². The summed E-state index contributed by atoms with van der Waals surface area (Å²) in [5.41, 5.74) is 1.69. The molecule has 0 saturated carbocycles. The number of nitrogens with one attached hydrogen (secondary N) is 1. The van der Waals surface area contributed by atoms with Crippen molar-refractivity contribution in [3.05, 3.63) is 50.7 Å². The lowest BCUT2D eigenvalue weighted by atomic mass is 10.1. The molecule has 26 heavy (non-hydrogen) atoms. The van der Waals surface area contributed by atoms with E-state index in [4.69, 9.17) is 4.74 Å². The van der Waals surface area contributed by atoms with Gasteiger partial charge in [-0.25, -0.2) is 0 Å². The molecule has 2 heterocycles. The number of nitrogens with zero attached hydrogens (tertiary/aromatic N) is 2. The molecule has 138 valence electrons. The van der Waals surface area contributed by atoms with Gasteiger partial charge in [-0.3, -0.25) is 19.8 Å². The van der Waals surface area contributed by atoms with E-state index in [2.05, 4.69) is 27.0 Å². The molecule has 1 atom stereocenters. The predicted octanol–water partition coefficient (Wildman–Crippen LogP) is 3.83. The van der Waals surface area contributed by atoms with E-state index in [-0.39, 0.29) is 17.3 Å². The van der Waals surface area contributed by atoms with Gasteiger partial charge in [0, 0.05) is 25.1 Å². The van der Waals surface area contributed by atoms with Crippen LogP contribution in [0.3, 0.4) is 0 Å². The SMILES string of the molecule is COc1cc([N+](=O)[O-])ccc1NC(=O)CCN1CCC[C@@H]1c1ccsc1. The molecule has 1 aromatic heterocycles. The van der Waals surface area contributed by atoms with E-state index >= 15 is 0 Å². The maximum atomic E-state index is 12.3. The second kappa shape index (κ2) is 8.29. The number of methoxy groups -OCH3 is 1. The maximum Gasteiger partial charge on any atom is 0.273 e. The molecule has 0 radical (unpaired) electrons. The number of likely N-dealkylation sites (tertiary alicyclic amines) is 1. The number of carbonyl (C=O) groups is 1. The molecule has 8 heteroatoms. The molecule has 1 saturated heterocycles. The Labute approximate surface area is 155 Å². The Morgan fingerprint density at radius 2 is 2.31 bits per heavy atom. The van der Waals surface area contributed by atoms with Gasteiger partial charge in [-0.15, -0.1) is 0 Å². The maximum absolute atomic E-state index is 12.3. The van der Waals surface area contributed by atoms with Crippen molar-refractivity contribution in [2.24, 2.45) is 0 Å². The first-order chi connectivity index (χ1) is 12.6. The number of hydrogen-bond acceptors (Lipinski definition) is 6. The highest BCUT2D eigenvalue weighted by Gasteiger charge is 2.26. The van der Waals surface area contributed by atoms with Crippen LogP contribution in [0.15, 0.2) is 35.0 Å². The summed E-state index contributed by atoms with van der Waals surface area (Å²) < 4.78 is 5.15. The van der Waals surface area contributed by atoms with Crippen molar-refractivity contribution in [2.75, 3.05) is 25.5 Å². The quantitative estimate of drug-likeness (QED) is 0.587. The van der Waals surface area contributed by atoms with E-state index in [0.717, 1.165) is 19.4 Å². The molecule has 1 aromatic carbocycles. The highest BCUT2D eigenvalue weighted by Crippen LogP contribution is 2.33. The summed E-state index contributed by atoms with van der Waals surface area (Å²) in [5.74, 6) is 0.151. The molecule has 0 spiro atoms. The molecule has 1 aliphatic heterocycles. The van der Waals surface area contributed by atoms with E-state index in [0.29, 0.717) is 24.7 Å². The average Bonchev–Trinajstić information content (AvgIpc) is 3.31. The summed E-state index contributed by atoms with van der Waals surface area (Å²) in [6, 6.07) is 6.70. The van der Waals surface area contributed by atoms with Gasteiger partial charge in [-0.05, 0) is 47.8 Å². The third-order valence-electron chi connectivity index (χ3n) is 4.59. The van der Waals surface area contributed by atoms with Crippen molar-refractivity contribution in [3.8, 4) is 5.75 Å². The third-order valence-corrected chi connectivity index (χ3v) is 5.29. The first kappa shape index (κ1) is 18.3. The van der Waals surface area contributed by atoms with Crippen molar-refractivity contribution < 1.29 is 14.5 Å². The second-order valence-corrected chi connectivity index (χ2v) is 6.97. The van der Waals surface area contributed by atoms with Crippen molar-refractivity contribution >= 4 is 28.6 Å². The first-order valence-electron chi connectivity index (χ1n) is 8.47. The highest BCUT2D eigenvalue weighted by atomic mass is 32.1. The Kier molecular flexibility index (Phi) is 5.85. The molecule has 1 amide bonds. The smallest absolute Gasteiger partial charge is 0.273 e. The lowest BCUT2D eigenvalue weighted by Gasteiger charge is -2.23. The fourth-order valence-corrected chi connectivity index (χ4v) is 4.00. The molecular weight excluding hydrogens is 354 g/mol. The van der Waals surface area contributed by atoms with E-state index in [1.54, 1.807) is 11.3 Å². The van der Waals surface area contributed by atoms with Crippen LogP contribution in [-0.4, -0.2) is 35.9 Å². The number of benzene rings is 1. The molecule has 1 fully saturated rings. The monoisotopic (exact) mass is 375 g/mol. The molecule has 7 nitrogen and oxygen atoms in total. The van der Waals surface area contributed by atoms with Crippen LogP contribution in [0.25, 0.3) is 0 Å². The number of ether oxygens (including phenoxy) is 1. The van der Waals surface area contributed by atoms with Crippen LogP contribution in [-0.2, 0) is 4.79 Å². The minimum absolute atomic E-state index is 0.0736. The molecular formula is C18H21N3O4S. The van der Waals surface area contributed by atoms with Crippen molar-refractivity contribution in [3.63, 3.8) is 0 Å².